The van der Waals surface area contributed by atoms with E-state index in [0.717, 1.165) is 38.0 Å². The highest BCUT2D eigenvalue weighted by Gasteiger charge is 2.53. The van der Waals surface area contributed by atoms with Crippen LogP contribution in [0.1, 0.15) is 44.2 Å². The van der Waals surface area contributed by atoms with Gasteiger partial charge in [0.15, 0.2) is 0 Å². The molecule has 0 aliphatic carbocycles. The molecular weight excluding hydrogens is 508 g/mol. The number of anilines is 1. The minimum atomic E-state index is -0.202. The zero-order valence-corrected chi connectivity index (χ0v) is 23.7. The van der Waals surface area contributed by atoms with Crippen molar-refractivity contribution in [3.05, 3.63) is 41.5 Å². The van der Waals surface area contributed by atoms with Crippen LogP contribution < -0.4 is 21.3 Å². The molecule has 6 unspecified atom stereocenters. The van der Waals surface area contributed by atoms with Crippen LogP contribution in [0.25, 0.3) is 0 Å². The molecule has 4 saturated heterocycles. The SMILES string of the molecule is CN1Cc2ccc(NC3NCC4C(=O)N5C/C=C/CCN6C(=O)COC7CCC(NC76)N5C4N3)cc2C(C)(C)C1. The summed E-state index contributed by atoms with van der Waals surface area (Å²) in [7, 11) is 2.18. The summed E-state index contributed by atoms with van der Waals surface area (Å²) >= 11 is 0. The summed E-state index contributed by atoms with van der Waals surface area (Å²) < 4.78 is 5.92. The van der Waals surface area contributed by atoms with E-state index in [1.807, 2.05) is 9.91 Å². The first-order valence-corrected chi connectivity index (χ1v) is 14.8. The van der Waals surface area contributed by atoms with E-state index in [-0.39, 0.29) is 60.6 Å². The van der Waals surface area contributed by atoms with Crippen LogP contribution in [0, 0.1) is 5.92 Å². The predicted octanol–water partition coefficient (Wildman–Crippen LogP) is 0.522. The summed E-state index contributed by atoms with van der Waals surface area (Å²) in [4.78, 5) is 30.8. The van der Waals surface area contributed by atoms with Crippen LogP contribution in [0.3, 0.4) is 0 Å². The molecule has 1 aromatic carbocycles. The Bertz CT molecular complexity index is 1210. The number of morpholine rings is 1. The highest BCUT2D eigenvalue weighted by Crippen LogP contribution is 2.36. The van der Waals surface area contributed by atoms with Gasteiger partial charge in [0, 0.05) is 37.3 Å². The van der Waals surface area contributed by atoms with Crippen molar-refractivity contribution < 1.29 is 14.3 Å². The molecule has 4 fully saturated rings. The van der Waals surface area contributed by atoms with Crippen LogP contribution in [0.5, 0.6) is 0 Å². The lowest BCUT2D eigenvalue weighted by Gasteiger charge is -2.50. The zero-order valence-electron chi connectivity index (χ0n) is 23.7. The molecule has 0 spiro atoms. The van der Waals surface area contributed by atoms with Gasteiger partial charge >= 0.3 is 0 Å². The van der Waals surface area contributed by atoms with Crippen molar-refractivity contribution in [3.8, 4) is 0 Å². The number of amides is 2. The number of hydrogen-bond donors (Lipinski definition) is 4. The van der Waals surface area contributed by atoms with Crippen molar-refractivity contribution in [1.29, 1.82) is 0 Å². The fraction of sp³-hybridized carbons (Fsp3) is 0.655. The van der Waals surface area contributed by atoms with Gasteiger partial charge in [0.1, 0.15) is 19.1 Å². The van der Waals surface area contributed by atoms with E-state index >= 15 is 0 Å². The Kier molecular flexibility index (Phi) is 6.64. The minimum absolute atomic E-state index is 0.0234. The number of likely N-dealkylation sites (N-methyl/N-ethyl adjacent to an activating group) is 1. The molecule has 4 N–H and O–H groups in total. The first-order valence-electron chi connectivity index (χ1n) is 14.8. The molecule has 6 aliphatic heterocycles. The fourth-order valence-corrected chi connectivity index (χ4v) is 7.71. The van der Waals surface area contributed by atoms with Gasteiger partial charge in [-0.1, -0.05) is 32.1 Å². The van der Waals surface area contributed by atoms with E-state index in [4.69, 9.17) is 4.74 Å². The second-order valence-corrected chi connectivity index (χ2v) is 12.8. The smallest absolute Gasteiger partial charge is 0.249 e. The van der Waals surface area contributed by atoms with Crippen molar-refractivity contribution >= 4 is 17.5 Å². The molecule has 7 rings (SSSR count). The second kappa shape index (κ2) is 10.1. The molecule has 1 aromatic rings. The van der Waals surface area contributed by atoms with Gasteiger partial charge in [-0.15, -0.1) is 0 Å². The fourth-order valence-electron chi connectivity index (χ4n) is 7.71. The van der Waals surface area contributed by atoms with Crippen LogP contribution >= 0.6 is 0 Å². The normalized spacial score (nSPS) is 36.8. The predicted molar refractivity (Wildman–Crippen MR) is 150 cm³/mol. The Hall–Kier alpha value is -2.54. The quantitative estimate of drug-likeness (QED) is 0.393. The first kappa shape index (κ1) is 26.4. The average molecular weight is 551 g/mol. The van der Waals surface area contributed by atoms with Crippen LogP contribution in [-0.4, -0.2) is 102 Å². The number of hydrogen-bond acceptors (Lipinski definition) is 9. The van der Waals surface area contributed by atoms with Crippen LogP contribution in [0.2, 0.25) is 0 Å². The van der Waals surface area contributed by atoms with E-state index in [9.17, 15) is 9.59 Å². The number of carbonyl (C=O) groups is 2. The van der Waals surface area contributed by atoms with Crippen LogP contribution in [0.15, 0.2) is 30.4 Å². The first-order chi connectivity index (χ1) is 19.3. The lowest BCUT2D eigenvalue weighted by Crippen LogP contribution is -2.72. The number of carbonyl (C=O) groups excluding carboxylic acids is 2. The molecular formula is C29H42N8O3. The molecule has 216 valence electrons. The van der Waals surface area contributed by atoms with Gasteiger partial charge in [0.2, 0.25) is 11.8 Å². The minimum Gasteiger partial charge on any atom is -0.365 e. The molecule has 40 heavy (non-hydrogen) atoms. The molecule has 2 bridgehead atoms. The Morgan fingerprint density at radius 3 is 2.85 bits per heavy atom. The molecule has 11 nitrogen and oxygen atoms in total. The number of piperidine rings is 1. The third-order valence-corrected chi connectivity index (χ3v) is 9.47. The molecule has 0 radical (unpaired) electrons. The maximum absolute atomic E-state index is 13.7. The molecule has 0 saturated carbocycles. The number of fused-ring (bicyclic) bond motifs is 6. The van der Waals surface area contributed by atoms with Gasteiger partial charge in [0.05, 0.1) is 30.9 Å². The lowest BCUT2D eigenvalue weighted by atomic mass is 9.78. The molecule has 2 amide bonds. The number of nitrogens with zero attached hydrogens (tertiary/aromatic N) is 4. The van der Waals surface area contributed by atoms with Gasteiger partial charge < -0.3 is 19.9 Å². The van der Waals surface area contributed by atoms with E-state index in [1.165, 1.54) is 11.1 Å². The van der Waals surface area contributed by atoms with E-state index in [2.05, 4.69) is 82.4 Å². The topological polar surface area (TPSA) is 104 Å². The van der Waals surface area contributed by atoms with Crippen molar-refractivity contribution in [2.45, 2.75) is 76.0 Å². The Morgan fingerprint density at radius 1 is 1.10 bits per heavy atom. The Labute approximate surface area is 236 Å². The molecule has 6 heterocycles. The highest BCUT2D eigenvalue weighted by atomic mass is 16.5. The monoisotopic (exact) mass is 550 g/mol. The third kappa shape index (κ3) is 4.53. The number of ether oxygens (including phenoxy) is 1. The molecule has 6 aliphatic rings. The standard InChI is InChI=1S/C29H42N8O3/c1-29(2)17-34(3)15-18-7-8-19(13-21(18)29)31-28-30-14-20-25(33-28)37-23-10-9-22-26(32-23)35(24(38)16-40-22)11-5-4-6-12-36(37)27(20)39/h4,6-8,13,20,22-23,25-26,28,30-33H,5,9-12,14-17H2,1-3H3/b6-4+. The van der Waals surface area contributed by atoms with Crippen molar-refractivity contribution in [1.82, 2.24) is 35.8 Å². The van der Waals surface area contributed by atoms with E-state index in [1.54, 1.807) is 0 Å². The van der Waals surface area contributed by atoms with Crippen molar-refractivity contribution in [3.63, 3.8) is 0 Å². The van der Waals surface area contributed by atoms with Gasteiger partial charge in [-0.3, -0.25) is 30.5 Å². The van der Waals surface area contributed by atoms with E-state index < -0.39 is 0 Å². The van der Waals surface area contributed by atoms with Gasteiger partial charge in [-0.25, -0.2) is 0 Å². The second-order valence-electron chi connectivity index (χ2n) is 12.8. The summed E-state index contributed by atoms with van der Waals surface area (Å²) in [6.07, 6.45) is 5.93. The number of benzene rings is 1. The number of nitrogens with one attached hydrogen (secondary N) is 4. The summed E-state index contributed by atoms with van der Waals surface area (Å²) in [5, 5.41) is 18.7. The molecule has 0 aromatic heterocycles. The Morgan fingerprint density at radius 2 is 1.98 bits per heavy atom. The third-order valence-electron chi connectivity index (χ3n) is 9.47. The van der Waals surface area contributed by atoms with Crippen LogP contribution in [0.4, 0.5) is 5.69 Å². The summed E-state index contributed by atoms with van der Waals surface area (Å²) in [6.45, 7) is 8.52. The van der Waals surface area contributed by atoms with Gasteiger partial charge in [-0.2, -0.15) is 5.01 Å². The van der Waals surface area contributed by atoms with Gasteiger partial charge in [-0.05, 0) is 49.6 Å². The summed E-state index contributed by atoms with van der Waals surface area (Å²) in [6, 6.07) is 6.69. The number of rotatable bonds is 2. The lowest BCUT2D eigenvalue weighted by molar-refractivity contribution is -0.175. The number of hydrazine groups is 1. The maximum atomic E-state index is 13.7. The maximum Gasteiger partial charge on any atom is 0.249 e. The molecule has 11 heteroatoms. The van der Waals surface area contributed by atoms with Crippen molar-refractivity contribution in [2.75, 3.05) is 45.2 Å². The van der Waals surface area contributed by atoms with E-state index in [0.29, 0.717) is 19.6 Å². The average Bonchev–Trinajstić information content (AvgIpc) is 3.18. The van der Waals surface area contributed by atoms with Crippen molar-refractivity contribution in [2.24, 2.45) is 5.92 Å². The summed E-state index contributed by atoms with van der Waals surface area (Å²) in [5.41, 5.74) is 3.91. The zero-order chi connectivity index (χ0) is 27.6. The largest absolute Gasteiger partial charge is 0.365 e. The van der Waals surface area contributed by atoms with Gasteiger partial charge in [0.25, 0.3) is 0 Å². The molecule has 6 atom stereocenters. The Balaban J connectivity index is 1.13. The van der Waals surface area contributed by atoms with Crippen LogP contribution in [-0.2, 0) is 26.3 Å². The highest BCUT2D eigenvalue weighted by molar-refractivity contribution is 5.82. The summed E-state index contributed by atoms with van der Waals surface area (Å²) in [5.74, 6) is -0.0468.